The first-order chi connectivity index (χ1) is 26.9. The minimum Gasteiger partial charge on any atom is -0.444 e. The van der Waals surface area contributed by atoms with Gasteiger partial charge in [0.2, 0.25) is 17.7 Å². The maximum absolute atomic E-state index is 13.9. The first-order valence-corrected chi connectivity index (χ1v) is 20.1. The van der Waals surface area contributed by atoms with Gasteiger partial charge in [-0.3, -0.25) is 14.4 Å². The van der Waals surface area contributed by atoms with Crippen molar-refractivity contribution < 1.29 is 38.5 Å². The summed E-state index contributed by atoms with van der Waals surface area (Å²) in [6.07, 6.45) is -0.700. The molecule has 2 aromatic carbocycles. The SMILES string of the molecule is Cc1ncsc1-c1ccc(CNC(=O)C2CC(O)CN2C(=O)C(NC(=O)COCCCOCC#Cc2ccc(C(C)NC(=O)OC(C)(C)C)cc2)C(C)(C)C)cc1. The van der Waals surface area contributed by atoms with Crippen LogP contribution in [0.2, 0.25) is 0 Å². The Morgan fingerprint density at radius 1 is 0.982 bits per heavy atom. The molecule has 3 aromatic rings. The third-order valence-corrected chi connectivity index (χ3v) is 10.1. The molecule has 4 amide bonds. The van der Waals surface area contributed by atoms with Crippen molar-refractivity contribution >= 4 is 35.2 Å². The van der Waals surface area contributed by atoms with Crippen LogP contribution in [0.1, 0.15) is 89.7 Å². The Labute approximate surface area is 340 Å². The van der Waals surface area contributed by atoms with Crippen LogP contribution in [-0.4, -0.2) is 95.6 Å². The quantitative estimate of drug-likeness (QED) is 0.118. The zero-order chi connectivity index (χ0) is 41.8. The number of alkyl carbamates (subject to hydrolysis) is 1. The number of benzene rings is 2. The molecule has 1 aliphatic rings. The predicted molar refractivity (Wildman–Crippen MR) is 219 cm³/mol. The molecule has 0 spiro atoms. The molecule has 1 aliphatic heterocycles. The van der Waals surface area contributed by atoms with Gasteiger partial charge in [0, 0.05) is 31.7 Å². The molecule has 0 aliphatic carbocycles. The third kappa shape index (κ3) is 14.3. The average Bonchev–Trinajstić information content (AvgIpc) is 3.76. The Kier molecular flexibility index (Phi) is 16.2. The van der Waals surface area contributed by atoms with Crippen LogP contribution in [-0.2, 0) is 35.1 Å². The number of β-amino-alcohol motifs (C(OH)–C–C–N with tert-alkyl or cyclic N) is 1. The number of hydrogen-bond acceptors (Lipinski definition) is 10. The molecule has 4 rings (SSSR count). The fourth-order valence-electron chi connectivity index (χ4n) is 6.10. The van der Waals surface area contributed by atoms with Gasteiger partial charge in [0.25, 0.3) is 0 Å². The van der Waals surface area contributed by atoms with E-state index in [1.807, 2.05) is 109 Å². The highest BCUT2D eigenvalue weighted by Crippen LogP contribution is 2.28. The molecule has 308 valence electrons. The van der Waals surface area contributed by atoms with Gasteiger partial charge in [-0.05, 0) is 75.3 Å². The van der Waals surface area contributed by atoms with Crippen molar-refractivity contribution in [3.63, 3.8) is 0 Å². The largest absolute Gasteiger partial charge is 0.444 e. The summed E-state index contributed by atoms with van der Waals surface area (Å²) in [4.78, 5) is 59.0. The second-order valence-electron chi connectivity index (χ2n) is 16.2. The Balaban J connectivity index is 1.16. The lowest BCUT2D eigenvalue weighted by Crippen LogP contribution is -2.58. The number of aliphatic hydroxyl groups is 1. The molecule has 4 unspecified atom stereocenters. The molecule has 57 heavy (non-hydrogen) atoms. The molecule has 2 heterocycles. The lowest BCUT2D eigenvalue weighted by atomic mass is 9.85. The molecule has 1 aromatic heterocycles. The summed E-state index contributed by atoms with van der Waals surface area (Å²) in [5, 5.41) is 19.0. The van der Waals surface area contributed by atoms with E-state index >= 15 is 0 Å². The number of carbonyl (C=O) groups is 4. The van der Waals surface area contributed by atoms with Crippen LogP contribution in [0.5, 0.6) is 0 Å². The Morgan fingerprint density at radius 2 is 1.67 bits per heavy atom. The van der Waals surface area contributed by atoms with E-state index in [1.165, 1.54) is 4.90 Å². The number of thiazole rings is 1. The summed E-state index contributed by atoms with van der Waals surface area (Å²) in [6.45, 7) is 15.7. The van der Waals surface area contributed by atoms with Gasteiger partial charge in [0.15, 0.2) is 0 Å². The standard InChI is InChI=1S/C43H57N5O8S/c1-28(46-41(53)56-43(6,7)8)32-16-12-30(13-17-32)11-9-20-54-21-10-22-55-26-36(50)47-38(42(3,4)5)40(52)48-25-34(49)23-35(48)39(51)44-24-31-14-18-33(19-15-31)37-29(2)45-27-57-37/h12-19,27-28,34-35,38,49H,10,20-26H2,1-8H3,(H,44,51)(H,46,53)(H,47,50). The summed E-state index contributed by atoms with van der Waals surface area (Å²) < 4.78 is 16.5. The van der Waals surface area contributed by atoms with Gasteiger partial charge in [0.05, 0.1) is 34.8 Å². The van der Waals surface area contributed by atoms with Crippen molar-refractivity contribution in [3.8, 4) is 22.3 Å². The van der Waals surface area contributed by atoms with Gasteiger partial charge in [-0.2, -0.15) is 0 Å². The number of hydrogen-bond donors (Lipinski definition) is 4. The first-order valence-electron chi connectivity index (χ1n) is 19.2. The number of aromatic nitrogens is 1. The molecule has 1 saturated heterocycles. The molecular formula is C43H57N5O8S. The predicted octanol–water partition coefficient (Wildman–Crippen LogP) is 5.29. The molecule has 4 atom stereocenters. The number of nitrogens with one attached hydrogen (secondary N) is 3. The summed E-state index contributed by atoms with van der Waals surface area (Å²) in [6, 6.07) is 13.4. The smallest absolute Gasteiger partial charge is 0.408 e. The van der Waals surface area contributed by atoms with Crippen LogP contribution in [0.15, 0.2) is 54.0 Å². The van der Waals surface area contributed by atoms with E-state index in [2.05, 4.69) is 32.8 Å². The van der Waals surface area contributed by atoms with Crippen LogP contribution in [0.25, 0.3) is 10.4 Å². The zero-order valence-electron chi connectivity index (χ0n) is 34.3. The third-order valence-electron chi connectivity index (χ3n) is 9.07. The van der Waals surface area contributed by atoms with Gasteiger partial charge in [0.1, 0.15) is 30.9 Å². The van der Waals surface area contributed by atoms with Crippen LogP contribution in [0, 0.1) is 24.2 Å². The van der Waals surface area contributed by atoms with E-state index in [-0.39, 0.29) is 51.3 Å². The fraction of sp³-hybridized carbons (Fsp3) is 0.512. The highest BCUT2D eigenvalue weighted by Gasteiger charge is 2.44. The molecule has 0 bridgehead atoms. The molecular weight excluding hydrogens is 747 g/mol. The summed E-state index contributed by atoms with van der Waals surface area (Å²) in [5.41, 5.74) is 5.21. The zero-order valence-corrected chi connectivity index (χ0v) is 35.1. The van der Waals surface area contributed by atoms with Gasteiger partial charge >= 0.3 is 6.09 Å². The normalized spacial score (nSPS) is 16.5. The van der Waals surface area contributed by atoms with Crippen molar-refractivity contribution in [1.29, 1.82) is 0 Å². The number of carbonyl (C=O) groups excluding carboxylic acids is 4. The molecule has 14 heteroatoms. The van der Waals surface area contributed by atoms with Crippen molar-refractivity contribution in [2.24, 2.45) is 5.41 Å². The number of aliphatic hydroxyl groups excluding tert-OH is 1. The van der Waals surface area contributed by atoms with Crippen LogP contribution in [0.4, 0.5) is 4.79 Å². The second-order valence-corrected chi connectivity index (χ2v) is 17.0. The Hall–Kier alpha value is -4.81. The number of ether oxygens (including phenoxy) is 3. The fourth-order valence-corrected chi connectivity index (χ4v) is 6.91. The van der Waals surface area contributed by atoms with E-state index in [9.17, 15) is 24.3 Å². The molecule has 4 N–H and O–H groups in total. The van der Waals surface area contributed by atoms with Crippen molar-refractivity contribution in [1.82, 2.24) is 25.8 Å². The molecule has 1 fully saturated rings. The van der Waals surface area contributed by atoms with E-state index in [0.717, 1.165) is 32.8 Å². The minimum absolute atomic E-state index is 0.0101. The second kappa shape index (κ2) is 20.6. The number of likely N-dealkylation sites (tertiary alicyclic amines) is 1. The van der Waals surface area contributed by atoms with Crippen LogP contribution in [0.3, 0.4) is 0 Å². The lowest BCUT2D eigenvalue weighted by Gasteiger charge is -2.35. The Morgan fingerprint density at radius 3 is 2.30 bits per heavy atom. The number of amides is 4. The average molecular weight is 804 g/mol. The van der Waals surface area contributed by atoms with E-state index in [0.29, 0.717) is 13.0 Å². The number of nitrogens with zero attached hydrogens (tertiary/aromatic N) is 2. The van der Waals surface area contributed by atoms with Crippen molar-refractivity contribution in [3.05, 3.63) is 76.4 Å². The molecule has 0 radical (unpaired) electrons. The Bertz CT molecular complexity index is 1870. The molecule has 13 nitrogen and oxygen atoms in total. The van der Waals surface area contributed by atoms with Gasteiger partial charge in [-0.1, -0.05) is 69.0 Å². The maximum atomic E-state index is 13.9. The maximum Gasteiger partial charge on any atom is 0.408 e. The number of rotatable bonds is 15. The highest BCUT2D eigenvalue weighted by atomic mass is 32.1. The van der Waals surface area contributed by atoms with Crippen LogP contribution >= 0.6 is 11.3 Å². The van der Waals surface area contributed by atoms with E-state index < -0.39 is 47.1 Å². The topological polar surface area (TPSA) is 168 Å². The first kappa shape index (κ1) is 44.9. The van der Waals surface area contributed by atoms with E-state index in [1.54, 1.807) is 11.3 Å². The summed E-state index contributed by atoms with van der Waals surface area (Å²) in [7, 11) is 0. The van der Waals surface area contributed by atoms with Crippen molar-refractivity contribution in [2.45, 2.75) is 105 Å². The van der Waals surface area contributed by atoms with Gasteiger partial charge in [-0.25, -0.2) is 9.78 Å². The highest BCUT2D eigenvalue weighted by molar-refractivity contribution is 7.13. The summed E-state index contributed by atoms with van der Waals surface area (Å²) >= 11 is 1.57. The van der Waals surface area contributed by atoms with Gasteiger partial charge < -0.3 is 40.2 Å². The molecule has 0 saturated carbocycles. The minimum atomic E-state index is -0.952. The lowest BCUT2D eigenvalue weighted by molar-refractivity contribution is -0.144. The number of aryl methyl sites for hydroxylation is 1. The van der Waals surface area contributed by atoms with Gasteiger partial charge in [-0.15, -0.1) is 11.3 Å². The monoisotopic (exact) mass is 803 g/mol. The van der Waals surface area contributed by atoms with Crippen molar-refractivity contribution in [2.75, 3.05) is 33.0 Å². The van der Waals surface area contributed by atoms with E-state index in [4.69, 9.17) is 14.2 Å². The summed E-state index contributed by atoms with van der Waals surface area (Å²) in [5.74, 6) is 4.76. The van der Waals surface area contributed by atoms with Crippen LogP contribution < -0.4 is 16.0 Å².